The van der Waals surface area contributed by atoms with Crippen molar-refractivity contribution >= 4 is 34.2 Å². The average Bonchev–Trinajstić information content (AvgIpc) is 2.68. The Bertz CT molecular complexity index is 480. The third kappa shape index (κ3) is 3.27. The summed E-state index contributed by atoms with van der Waals surface area (Å²) in [5.74, 6) is 0.342. The maximum Gasteiger partial charge on any atom is 0.233 e. The summed E-state index contributed by atoms with van der Waals surface area (Å²) in [5, 5.41) is 3.37. The lowest BCUT2D eigenvalue weighted by atomic mass is 9.63. The van der Waals surface area contributed by atoms with E-state index < -0.39 is 0 Å². The van der Waals surface area contributed by atoms with Crippen LogP contribution in [0.25, 0.3) is 0 Å². The highest BCUT2D eigenvalue weighted by Crippen LogP contribution is 2.45. The first-order valence-corrected chi connectivity index (χ1v) is 8.28. The van der Waals surface area contributed by atoms with E-state index in [1.807, 2.05) is 12.1 Å². The molecule has 0 unspecified atom stereocenters. The van der Waals surface area contributed by atoms with E-state index in [4.69, 9.17) is 0 Å². The van der Waals surface area contributed by atoms with Gasteiger partial charge in [0.1, 0.15) is 0 Å². The van der Waals surface area contributed by atoms with Crippen molar-refractivity contribution in [2.75, 3.05) is 26.2 Å². The van der Waals surface area contributed by atoms with E-state index in [2.05, 4.69) is 38.3 Å². The first-order valence-electron chi connectivity index (χ1n) is 7.48. The number of carbonyl (C=O) groups is 1. The lowest BCUT2D eigenvalue weighted by molar-refractivity contribution is -0.140. The van der Waals surface area contributed by atoms with Crippen LogP contribution in [0, 0.1) is 0 Å². The van der Waals surface area contributed by atoms with Crippen molar-refractivity contribution in [3.63, 3.8) is 0 Å². The number of nitrogens with zero attached hydrogens (tertiary/aromatic N) is 1. The zero-order chi connectivity index (χ0) is 14.0. The minimum Gasteiger partial charge on any atom is -0.341 e. The van der Waals surface area contributed by atoms with Crippen molar-refractivity contribution in [3.8, 4) is 0 Å². The van der Waals surface area contributed by atoms with E-state index in [1.54, 1.807) is 0 Å². The fourth-order valence-electron chi connectivity index (χ4n) is 3.28. The number of hydrogen-bond acceptors (Lipinski definition) is 2. The number of nitrogens with one attached hydrogen (secondary N) is 1. The summed E-state index contributed by atoms with van der Waals surface area (Å²) in [5.41, 5.74) is 0.944. The first kappa shape index (κ1) is 16.8. The topological polar surface area (TPSA) is 32.3 Å². The SMILES string of the molecule is Cl.O=C(N1CCCNCC1)C1(c2ccc(Br)cc2)CCC1. The Morgan fingerprint density at radius 3 is 2.43 bits per heavy atom. The summed E-state index contributed by atoms with van der Waals surface area (Å²) in [6.07, 6.45) is 4.21. The van der Waals surface area contributed by atoms with Gasteiger partial charge in [-0.25, -0.2) is 0 Å². The molecule has 1 saturated carbocycles. The van der Waals surface area contributed by atoms with Crippen molar-refractivity contribution in [2.45, 2.75) is 31.1 Å². The standard InChI is InChI=1S/C16H21BrN2O.ClH/c17-14-5-3-13(4-6-14)16(7-1-8-16)15(20)19-11-2-9-18-10-12-19;/h3-6,18H,1-2,7-12H2;1H. The molecule has 1 aliphatic heterocycles. The Labute approximate surface area is 141 Å². The van der Waals surface area contributed by atoms with Gasteiger partial charge in [0, 0.05) is 24.1 Å². The van der Waals surface area contributed by atoms with Crippen LogP contribution in [-0.2, 0) is 10.2 Å². The van der Waals surface area contributed by atoms with Crippen molar-refractivity contribution < 1.29 is 4.79 Å². The lowest BCUT2D eigenvalue weighted by Gasteiger charge is -2.44. The van der Waals surface area contributed by atoms with Crippen LogP contribution in [0.3, 0.4) is 0 Å². The minimum atomic E-state index is -0.245. The van der Waals surface area contributed by atoms with E-state index in [0.29, 0.717) is 5.91 Å². The molecule has 1 saturated heterocycles. The Morgan fingerprint density at radius 1 is 1.10 bits per heavy atom. The molecule has 1 heterocycles. The van der Waals surface area contributed by atoms with Gasteiger partial charge in [0.15, 0.2) is 0 Å². The zero-order valence-electron chi connectivity index (χ0n) is 12.1. The molecule has 1 aromatic carbocycles. The Morgan fingerprint density at radius 2 is 1.81 bits per heavy atom. The highest BCUT2D eigenvalue weighted by atomic mass is 79.9. The monoisotopic (exact) mass is 372 g/mol. The predicted octanol–water partition coefficient (Wildman–Crippen LogP) is 3.11. The molecule has 1 aromatic rings. The number of amides is 1. The Balaban J connectivity index is 0.00000161. The highest BCUT2D eigenvalue weighted by Gasteiger charge is 2.47. The molecule has 2 fully saturated rings. The molecule has 2 aliphatic rings. The van der Waals surface area contributed by atoms with Crippen molar-refractivity contribution in [2.24, 2.45) is 0 Å². The minimum absolute atomic E-state index is 0. The van der Waals surface area contributed by atoms with E-state index in [0.717, 1.165) is 56.3 Å². The van der Waals surface area contributed by atoms with Gasteiger partial charge in [-0.05, 0) is 43.5 Å². The molecule has 3 rings (SSSR count). The summed E-state index contributed by atoms with van der Waals surface area (Å²) in [7, 11) is 0. The second kappa shape index (κ2) is 7.12. The maximum atomic E-state index is 13.0. The zero-order valence-corrected chi connectivity index (χ0v) is 14.5. The van der Waals surface area contributed by atoms with Gasteiger partial charge in [-0.2, -0.15) is 0 Å². The summed E-state index contributed by atoms with van der Waals surface area (Å²) in [6.45, 7) is 3.68. The van der Waals surface area contributed by atoms with Gasteiger partial charge in [-0.1, -0.05) is 34.5 Å². The predicted molar refractivity (Wildman–Crippen MR) is 91.0 cm³/mol. The van der Waals surface area contributed by atoms with Crippen LogP contribution in [0.1, 0.15) is 31.2 Å². The van der Waals surface area contributed by atoms with Gasteiger partial charge in [0.25, 0.3) is 0 Å². The van der Waals surface area contributed by atoms with Crippen LogP contribution in [-0.4, -0.2) is 37.0 Å². The molecule has 5 heteroatoms. The third-order valence-corrected chi connectivity index (χ3v) is 5.17. The molecule has 0 bridgehead atoms. The van der Waals surface area contributed by atoms with Crippen molar-refractivity contribution in [3.05, 3.63) is 34.3 Å². The smallest absolute Gasteiger partial charge is 0.233 e. The molecule has 0 radical (unpaired) electrons. The molecule has 21 heavy (non-hydrogen) atoms. The molecular formula is C16H22BrClN2O. The third-order valence-electron chi connectivity index (χ3n) is 4.64. The molecule has 116 valence electrons. The van der Waals surface area contributed by atoms with Crippen molar-refractivity contribution in [1.82, 2.24) is 10.2 Å². The second-order valence-electron chi connectivity index (χ2n) is 5.84. The van der Waals surface area contributed by atoms with Gasteiger partial charge >= 0.3 is 0 Å². The fraction of sp³-hybridized carbons (Fsp3) is 0.562. The van der Waals surface area contributed by atoms with E-state index in [-0.39, 0.29) is 17.8 Å². The quantitative estimate of drug-likeness (QED) is 0.864. The number of hydrogen-bond donors (Lipinski definition) is 1. The first-order chi connectivity index (χ1) is 9.72. The van der Waals surface area contributed by atoms with Crippen molar-refractivity contribution in [1.29, 1.82) is 0 Å². The van der Waals surface area contributed by atoms with Crippen LogP contribution in [0.5, 0.6) is 0 Å². The lowest BCUT2D eigenvalue weighted by Crippen LogP contribution is -2.51. The highest BCUT2D eigenvalue weighted by molar-refractivity contribution is 9.10. The second-order valence-corrected chi connectivity index (χ2v) is 6.75. The number of rotatable bonds is 2. The van der Waals surface area contributed by atoms with Gasteiger partial charge in [-0.3, -0.25) is 4.79 Å². The summed E-state index contributed by atoms with van der Waals surface area (Å²) >= 11 is 3.47. The maximum absolute atomic E-state index is 13.0. The number of benzene rings is 1. The number of halogens is 2. The van der Waals surface area contributed by atoms with E-state index in [1.165, 1.54) is 5.56 Å². The Hall–Kier alpha value is -0.580. The molecule has 3 nitrogen and oxygen atoms in total. The normalized spacial score (nSPS) is 20.9. The van der Waals surface area contributed by atoms with Gasteiger partial charge < -0.3 is 10.2 Å². The van der Waals surface area contributed by atoms with Crippen LogP contribution in [0.2, 0.25) is 0 Å². The van der Waals surface area contributed by atoms with Crippen LogP contribution < -0.4 is 5.32 Å². The molecule has 1 N–H and O–H groups in total. The van der Waals surface area contributed by atoms with E-state index in [9.17, 15) is 4.79 Å². The van der Waals surface area contributed by atoms with Crippen LogP contribution in [0.15, 0.2) is 28.7 Å². The summed E-state index contributed by atoms with van der Waals surface area (Å²) in [6, 6.07) is 8.31. The van der Waals surface area contributed by atoms with Gasteiger partial charge in [-0.15, -0.1) is 12.4 Å². The molecular weight excluding hydrogens is 352 g/mol. The summed E-state index contributed by atoms with van der Waals surface area (Å²) in [4.78, 5) is 15.1. The van der Waals surface area contributed by atoms with Gasteiger partial charge in [0.2, 0.25) is 5.91 Å². The molecule has 0 aromatic heterocycles. The molecule has 0 atom stereocenters. The summed E-state index contributed by atoms with van der Waals surface area (Å²) < 4.78 is 1.07. The molecule has 1 amide bonds. The van der Waals surface area contributed by atoms with E-state index >= 15 is 0 Å². The average molecular weight is 374 g/mol. The van der Waals surface area contributed by atoms with Crippen LogP contribution in [0.4, 0.5) is 0 Å². The molecule has 1 aliphatic carbocycles. The van der Waals surface area contributed by atoms with Crippen LogP contribution >= 0.6 is 28.3 Å². The fourth-order valence-corrected chi connectivity index (χ4v) is 3.54. The Kier molecular flexibility index (Phi) is 5.69. The molecule has 0 spiro atoms. The number of carbonyl (C=O) groups excluding carboxylic acids is 1. The largest absolute Gasteiger partial charge is 0.341 e. The van der Waals surface area contributed by atoms with Gasteiger partial charge in [0.05, 0.1) is 5.41 Å².